The van der Waals surface area contributed by atoms with E-state index in [-0.39, 0.29) is 6.04 Å². The van der Waals surface area contributed by atoms with Crippen LogP contribution >= 0.6 is 11.6 Å². The molecule has 29 heavy (non-hydrogen) atoms. The van der Waals surface area contributed by atoms with Crippen molar-refractivity contribution in [3.63, 3.8) is 0 Å². The lowest BCUT2D eigenvalue weighted by atomic mass is 9.99. The lowest BCUT2D eigenvalue weighted by Gasteiger charge is -2.18. The highest BCUT2D eigenvalue weighted by molar-refractivity contribution is 6.30. The second-order valence-corrected chi connectivity index (χ2v) is 7.65. The summed E-state index contributed by atoms with van der Waals surface area (Å²) >= 11 is 6.05. The number of rotatable bonds is 6. The zero-order valence-corrected chi connectivity index (χ0v) is 17.4. The number of methoxy groups -OCH3 is 1. The molecule has 0 aliphatic carbocycles. The maximum Gasteiger partial charge on any atom is 0.126 e. The van der Waals surface area contributed by atoms with Gasteiger partial charge >= 0.3 is 0 Å². The molecule has 0 radical (unpaired) electrons. The standard InChI is InChI=1S/C26H24ClNO/c1-18(23-9-5-7-20-6-3-4-8-24(20)23)28-17-19-10-15-26(29-2)25(16-19)21-11-13-22(27)14-12-21/h3-16,18,28H,17H2,1-2H3. The third-order valence-electron chi connectivity index (χ3n) is 5.32. The average molecular weight is 402 g/mol. The molecule has 146 valence electrons. The van der Waals surface area contributed by atoms with Crippen molar-refractivity contribution in [2.24, 2.45) is 0 Å². The summed E-state index contributed by atoms with van der Waals surface area (Å²) in [5, 5.41) is 6.97. The molecule has 1 N–H and O–H groups in total. The first-order valence-corrected chi connectivity index (χ1v) is 10.2. The Hall–Kier alpha value is -2.81. The molecule has 0 bridgehead atoms. The van der Waals surface area contributed by atoms with Gasteiger partial charge in [0.2, 0.25) is 0 Å². The molecule has 0 saturated heterocycles. The molecule has 4 aromatic carbocycles. The Labute approximate surface area is 177 Å². The van der Waals surface area contributed by atoms with Crippen LogP contribution in [0.1, 0.15) is 24.1 Å². The first kappa shape index (κ1) is 19.5. The van der Waals surface area contributed by atoms with Crippen molar-refractivity contribution >= 4 is 22.4 Å². The molecule has 0 saturated carbocycles. The van der Waals surface area contributed by atoms with E-state index in [1.807, 2.05) is 30.3 Å². The van der Waals surface area contributed by atoms with Crippen molar-refractivity contribution in [3.8, 4) is 16.9 Å². The van der Waals surface area contributed by atoms with Gasteiger partial charge in [0.05, 0.1) is 7.11 Å². The largest absolute Gasteiger partial charge is 0.496 e. The van der Waals surface area contributed by atoms with Gasteiger partial charge in [0.25, 0.3) is 0 Å². The molecule has 0 amide bonds. The lowest BCUT2D eigenvalue weighted by Crippen LogP contribution is -2.18. The molecular formula is C26H24ClNO. The van der Waals surface area contributed by atoms with E-state index in [1.165, 1.54) is 21.9 Å². The maximum absolute atomic E-state index is 6.05. The lowest BCUT2D eigenvalue weighted by molar-refractivity contribution is 0.416. The molecule has 0 fully saturated rings. The number of halogens is 1. The van der Waals surface area contributed by atoms with E-state index < -0.39 is 0 Å². The summed E-state index contributed by atoms with van der Waals surface area (Å²) in [5.74, 6) is 0.859. The predicted molar refractivity (Wildman–Crippen MR) is 123 cm³/mol. The number of hydrogen-bond acceptors (Lipinski definition) is 2. The van der Waals surface area contributed by atoms with Gasteiger partial charge in [0.15, 0.2) is 0 Å². The average Bonchev–Trinajstić information content (AvgIpc) is 2.77. The maximum atomic E-state index is 6.05. The molecule has 0 aromatic heterocycles. The highest BCUT2D eigenvalue weighted by atomic mass is 35.5. The van der Waals surface area contributed by atoms with Crippen LogP contribution in [-0.4, -0.2) is 7.11 Å². The minimum atomic E-state index is 0.238. The third-order valence-corrected chi connectivity index (χ3v) is 5.57. The van der Waals surface area contributed by atoms with Crippen LogP contribution in [0.4, 0.5) is 0 Å². The SMILES string of the molecule is COc1ccc(CNC(C)c2cccc3ccccc23)cc1-c1ccc(Cl)cc1. The number of hydrogen-bond donors (Lipinski definition) is 1. The summed E-state index contributed by atoms with van der Waals surface area (Å²) in [7, 11) is 1.70. The van der Waals surface area contributed by atoms with E-state index in [0.717, 1.165) is 28.4 Å². The molecular weight excluding hydrogens is 378 g/mol. The van der Waals surface area contributed by atoms with Gasteiger partial charge in [-0.2, -0.15) is 0 Å². The first-order valence-electron chi connectivity index (χ1n) is 9.79. The van der Waals surface area contributed by atoms with Crippen molar-refractivity contribution < 1.29 is 4.74 Å². The highest BCUT2D eigenvalue weighted by Crippen LogP contribution is 2.32. The fourth-order valence-electron chi connectivity index (χ4n) is 3.73. The second kappa shape index (κ2) is 8.69. The fraction of sp³-hybridized carbons (Fsp3) is 0.154. The molecule has 0 heterocycles. The van der Waals surface area contributed by atoms with Gasteiger partial charge in [0, 0.05) is 23.2 Å². The van der Waals surface area contributed by atoms with E-state index in [4.69, 9.17) is 16.3 Å². The van der Waals surface area contributed by atoms with E-state index >= 15 is 0 Å². The number of nitrogens with one attached hydrogen (secondary N) is 1. The molecule has 0 aliphatic rings. The van der Waals surface area contributed by atoms with Crippen LogP contribution in [0.2, 0.25) is 5.02 Å². The zero-order valence-electron chi connectivity index (χ0n) is 16.7. The Morgan fingerprint density at radius 2 is 1.66 bits per heavy atom. The summed E-state index contributed by atoms with van der Waals surface area (Å²) in [5.41, 5.74) is 4.69. The van der Waals surface area contributed by atoms with Gasteiger partial charge in [-0.25, -0.2) is 0 Å². The van der Waals surface area contributed by atoms with E-state index in [9.17, 15) is 0 Å². The van der Waals surface area contributed by atoms with Gasteiger partial charge in [-0.1, -0.05) is 72.3 Å². The monoisotopic (exact) mass is 401 g/mol. The first-order chi connectivity index (χ1) is 14.2. The van der Waals surface area contributed by atoms with Crippen LogP contribution < -0.4 is 10.1 Å². The number of ether oxygens (including phenoxy) is 1. The Morgan fingerprint density at radius 3 is 2.45 bits per heavy atom. The summed E-state index contributed by atoms with van der Waals surface area (Å²) in [6.07, 6.45) is 0. The predicted octanol–water partition coefficient (Wildman–Crippen LogP) is 7.02. The molecule has 4 aromatic rings. The Balaban J connectivity index is 1.56. The molecule has 0 aliphatic heterocycles. The summed E-state index contributed by atoms with van der Waals surface area (Å²) in [6.45, 7) is 2.99. The van der Waals surface area contributed by atoms with Crippen molar-refractivity contribution in [1.82, 2.24) is 5.32 Å². The molecule has 4 rings (SSSR count). The van der Waals surface area contributed by atoms with Crippen molar-refractivity contribution in [2.75, 3.05) is 7.11 Å². The van der Waals surface area contributed by atoms with Crippen molar-refractivity contribution in [2.45, 2.75) is 19.5 Å². The van der Waals surface area contributed by atoms with Crippen LogP contribution in [-0.2, 0) is 6.54 Å². The third kappa shape index (κ3) is 4.29. The van der Waals surface area contributed by atoms with Crippen LogP contribution in [0.5, 0.6) is 5.75 Å². The van der Waals surface area contributed by atoms with E-state index in [0.29, 0.717) is 0 Å². The zero-order chi connectivity index (χ0) is 20.2. The smallest absolute Gasteiger partial charge is 0.126 e. The quantitative estimate of drug-likeness (QED) is 0.374. The van der Waals surface area contributed by atoms with Gasteiger partial charge < -0.3 is 10.1 Å². The minimum Gasteiger partial charge on any atom is -0.496 e. The summed E-state index contributed by atoms with van der Waals surface area (Å²) in [4.78, 5) is 0. The van der Waals surface area contributed by atoms with E-state index in [1.54, 1.807) is 7.11 Å². The second-order valence-electron chi connectivity index (χ2n) is 7.21. The number of benzene rings is 4. The normalized spacial score (nSPS) is 12.1. The van der Waals surface area contributed by atoms with Crippen LogP contribution in [0.25, 0.3) is 21.9 Å². The summed E-state index contributed by atoms with van der Waals surface area (Å²) < 4.78 is 5.57. The van der Waals surface area contributed by atoms with Gasteiger partial charge in [-0.15, -0.1) is 0 Å². The molecule has 3 heteroatoms. The van der Waals surface area contributed by atoms with Crippen LogP contribution in [0.15, 0.2) is 84.9 Å². The van der Waals surface area contributed by atoms with Gasteiger partial charge in [0.1, 0.15) is 5.75 Å². The molecule has 1 atom stereocenters. The fourth-order valence-corrected chi connectivity index (χ4v) is 3.86. The summed E-state index contributed by atoms with van der Waals surface area (Å²) in [6, 6.07) is 29.4. The van der Waals surface area contributed by atoms with Crippen molar-refractivity contribution in [1.29, 1.82) is 0 Å². The molecule has 2 nitrogen and oxygen atoms in total. The highest BCUT2D eigenvalue weighted by Gasteiger charge is 2.11. The van der Waals surface area contributed by atoms with E-state index in [2.05, 4.69) is 66.8 Å². The molecule has 1 unspecified atom stereocenters. The Bertz CT molecular complexity index is 1120. The van der Waals surface area contributed by atoms with Gasteiger partial charge in [-0.05, 0) is 58.7 Å². The van der Waals surface area contributed by atoms with Crippen LogP contribution in [0.3, 0.4) is 0 Å². The topological polar surface area (TPSA) is 21.3 Å². The van der Waals surface area contributed by atoms with Crippen molar-refractivity contribution in [3.05, 3.63) is 101 Å². The number of fused-ring (bicyclic) bond motifs is 1. The van der Waals surface area contributed by atoms with Gasteiger partial charge in [-0.3, -0.25) is 0 Å². The molecule has 0 spiro atoms. The minimum absolute atomic E-state index is 0.238. The Morgan fingerprint density at radius 1 is 0.897 bits per heavy atom. The van der Waals surface area contributed by atoms with Crippen LogP contribution in [0, 0.1) is 0 Å². The Kier molecular flexibility index (Phi) is 5.84.